The lowest BCUT2D eigenvalue weighted by Crippen LogP contribution is -2.25. The van der Waals surface area contributed by atoms with Crippen LogP contribution in [-0.2, 0) is 14.3 Å². The zero-order valence-electron chi connectivity index (χ0n) is 16.8. The number of carbonyl (C=O) groups excluding carboxylic acids is 2. The Morgan fingerprint density at radius 1 is 0.933 bits per heavy atom. The molecule has 0 unspecified atom stereocenters. The van der Waals surface area contributed by atoms with E-state index in [0.29, 0.717) is 21.8 Å². The number of rotatable bonds is 6. The summed E-state index contributed by atoms with van der Waals surface area (Å²) in [6.07, 6.45) is 1.74. The number of benzene rings is 3. The maximum atomic E-state index is 13.0. The summed E-state index contributed by atoms with van der Waals surface area (Å²) < 4.78 is 5.51. The lowest BCUT2D eigenvalue weighted by molar-refractivity contribution is -0.149. The van der Waals surface area contributed by atoms with Crippen molar-refractivity contribution in [1.82, 2.24) is 0 Å². The molecule has 0 aliphatic carbocycles. The number of halogens is 1. The number of hydrogen-bond donors (Lipinski definition) is 1. The Kier molecular flexibility index (Phi) is 7.04. The van der Waals surface area contributed by atoms with E-state index in [1.807, 2.05) is 44.2 Å². The lowest BCUT2D eigenvalue weighted by Gasteiger charge is -2.18. The van der Waals surface area contributed by atoms with Crippen molar-refractivity contribution in [3.8, 4) is 0 Å². The van der Waals surface area contributed by atoms with Gasteiger partial charge in [-0.05, 0) is 54.8 Å². The first-order valence-electron chi connectivity index (χ1n) is 9.50. The fraction of sp³-hybridized carbons (Fsp3) is 0.120. The normalized spacial score (nSPS) is 11.8. The first kappa shape index (κ1) is 21.3. The summed E-state index contributed by atoms with van der Waals surface area (Å²) >= 11 is 6.11. The van der Waals surface area contributed by atoms with Crippen LogP contribution >= 0.6 is 11.6 Å². The van der Waals surface area contributed by atoms with Gasteiger partial charge in [-0.1, -0.05) is 66.2 Å². The molecule has 0 saturated carbocycles. The van der Waals surface area contributed by atoms with E-state index in [4.69, 9.17) is 16.3 Å². The molecule has 3 rings (SSSR count). The second-order valence-corrected chi connectivity index (χ2v) is 7.36. The molecule has 0 bridgehead atoms. The van der Waals surface area contributed by atoms with E-state index < -0.39 is 18.0 Å². The summed E-state index contributed by atoms with van der Waals surface area (Å²) in [7, 11) is 0. The topological polar surface area (TPSA) is 55.4 Å². The third kappa shape index (κ3) is 5.82. The molecule has 0 saturated heterocycles. The summed E-state index contributed by atoms with van der Waals surface area (Å²) in [4.78, 5) is 25.4. The molecular formula is C25H22ClNO3. The number of esters is 1. The molecular weight excluding hydrogens is 398 g/mol. The number of hydrogen-bond acceptors (Lipinski definition) is 3. The van der Waals surface area contributed by atoms with Crippen LogP contribution in [0.3, 0.4) is 0 Å². The minimum Gasteiger partial charge on any atom is -0.444 e. The molecule has 30 heavy (non-hydrogen) atoms. The monoisotopic (exact) mass is 419 g/mol. The first-order valence-corrected chi connectivity index (χ1v) is 9.87. The van der Waals surface area contributed by atoms with Gasteiger partial charge in [0.05, 0.1) is 0 Å². The quantitative estimate of drug-likeness (QED) is 0.400. The van der Waals surface area contributed by atoms with Gasteiger partial charge in [-0.25, -0.2) is 4.79 Å². The van der Waals surface area contributed by atoms with Crippen LogP contribution in [0.15, 0.2) is 78.9 Å². The Hall–Kier alpha value is -3.37. The smallest absolute Gasteiger partial charge is 0.331 e. The van der Waals surface area contributed by atoms with Gasteiger partial charge >= 0.3 is 5.97 Å². The molecule has 0 aliphatic heterocycles. The van der Waals surface area contributed by atoms with Crippen LogP contribution in [-0.4, -0.2) is 11.9 Å². The van der Waals surface area contributed by atoms with Gasteiger partial charge in [-0.3, -0.25) is 4.79 Å². The maximum Gasteiger partial charge on any atom is 0.331 e. The predicted molar refractivity (Wildman–Crippen MR) is 120 cm³/mol. The average Bonchev–Trinajstić information content (AvgIpc) is 2.71. The van der Waals surface area contributed by atoms with Crippen molar-refractivity contribution in [3.63, 3.8) is 0 Å². The van der Waals surface area contributed by atoms with Gasteiger partial charge < -0.3 is 10.1 Å². The van der Waals surface area contributed by atoms with Gasteiger partial charge in [0.2, 0.25) is 6.10 Å². The third-order valence-corrected chi connectivity index (χ3v) is 4.71. The van der Waals surface area contributed by atoms with Gasteiger partial charge in [0, 0.05) is 22.3 Å². The van der Waals surface area contributed by atoms with Crippen LogP contribution < -0.4 is 5.32 Å². The van der Waals surface area contributed by atoms with Crippen molar-refractivity contribution in [1.29, 1.82) is 0 Å². The number of amides is 1. The lowest BCUT2D eigenvalue weighted by atomic mass is 10.1. The highest BCUT2D eigenvalue weighted by molar-refractivity contribution is 6.32. The van der Waals surface area contributed by atoms with Gasteiger partial charge in [0.15, 0.2) is 0 Å². The molecule has 0 aromatic heterocycles. The second-order valence-electron chi connectivity index (χ2n) is 6.95. The molecule has 5 heteroatoms. The van der Waals surface area contributed by atoms with Gasteiger partial charge in [0.1, 0.15) is 0 Å². The predicted octanol–water partition coefficient (Wildman–Crippen LogP) is 5.89. The molecule has 3 aromatic rings. The second kappa shape index (κ2) is 9.90. The van der Waals surface area contributed by atoms with Crippen molar-refractivity contribution in [2.24, 2.45) is 0 Å². The Morgan fingerprint density at radius 3 is 2.23 bits per heavy atom. The van der Waals surface area contributed by atoms with E-state index in [9.17, 15) is 9.59 Å². The summed E-state index contributed by atoms with van der Waals surface area (Å²) in [5, 5.41) is 3.37. The molecule has 0 fully saturated rings. The van der Waals surface area contributed by atoms with E-state index in [2.05, 4.69) is 5.32 Å². The van der Waals surface area contributed by atoms with E-state index in [1.54, 1.807) is 48.5 Å². The van der Waals surface area contributed by atoms with E-state index in [1.165, 1.54) is 6.08 Å². The number of anilines is 1. The molecule has 1 atom stereocenters. The van der Waals surface area contributed by atoms with Crippen LogP contribution in [0.1, 0.15) is 28.4 Å². The van der Waals surface area contributed by atoms with Gasteiger partial charge in [-0.2, -0.15) is 0 Å². The van der Waals surface area contributed by atoms with Crippen LogP contribution in [0.25, 0.3) is 6.08 Å². The molecule has 1 N–H and O–H groups in total. The number of ether oxygens (including phenoxy) is 1. The highest BCUT2D eigenvalue weighted by atomic mass is 35.5. The molecule has 0 radical (unpaired) electrons. The van der Waals surface area contributed by atoms with Crippen LogP contribution in [0.4, 0.5) is 5.69 Å². The Morgan fingerprint density at radius 2 is 1.57 bits per heavy atom. The van der Waals surface area contributed by atoms with Gasteiger partial charge in [-0.15, -0.1) is 0 Å². The Balaban J connectivity index is 1.79. The first-order chi connectivity index (χ1) is 14.4. The van der Waals surface area contributed by atoms with E-state index in [0.717, 1.165) is 11.1 Å². The average molecular weight is 420 g/mol. The van der Waals surface area contributed by atoms with Crippen molar-refractivity contribution in [2.45, 2.75) is 20.0 Å². The largest absolute Gasteiger partial charge is 0.444 e. The summed E-state index contributed by atoms with van der Waals surface area (Å²) in [5.74, 6) is -1.06. The molecule has 3 aromatic carbocycles. The van der Waals surface area contributed by atoms with Crippen molar-refractivity contribution < 1.29 is 14.3 Å². The molecule has 0 spiro atoms. The van der Waals surface area contributed by atoms with Crippen molar-refractivity contribution in [2.75, 3.05) is 5.32 Å². The summed E-state index contributed by atoms with van der Waals surface area (Å²) in [5.41, 5.74) is 3.98. The molecule has 0 aliphatic rings. The zero-order chi connectivity index (χ0) is 21.5. The molecule has 0 heterocycles. The number of aryl methyl sites for hydroxylation is 2. The standard InChI is InChI=1S/C25H22ClNO3/c1-17-14-18(2)16-21(15-17)27-25(29)24(20-9-4-3-5-10-20)30-23(28)13-12-19-8-6-7-11-22(19)26/h3-16,24H,1-2H3,(H,27,29)/b13-12+/t24-/m0/s1. The fourth-order valence-electron chi connectivity index (χ4n) is 3.08. The minimum atomic E-state index is -1.09. The number of carbonyl (C=O) groups is 2. The Labute approximate surface area is 181 Å². The maximum absolute atomic E-state index is 13.0. The molecule has 152 valence electrons. The van der Waals surface area contributed by atoms with Crippen molar-refractivity contribution in [3.05, 3.63) is 106 Å². The van der Waals surface area contributed by atoms with Crippen LogP contribution in [0.2, 0.25) is 5.02 Å². The van der Waals surface area contributed by atoms with E-state index >= 15 is 0 Å². The highest BCUT2D eigenvalue weighted by Gasteiger charge is 2.24. The zero-order valence-corrected chi connectivity index (χ0v) is 17.5. The van der Waals surface area contributed by atoms with E-state index in [-0.39, 0.29) is 0 Å². The van der Waals surface area contributed by atoms with Gasteiger partial charge in [0.25, 0.3) is 5.91 Å². The minimum absolute atomic E-state index is 0.425. The summed E-state index contributed by atoms with van der Waals surface area (Å²) in [6.45, 7) is 3.91. The molecule has 4 nitrogen and oxygen atoms in total. The molecule has 1 amide bonds. The van der Waals surface area contributed by atoms with Crippen LogP contribution in [0.5, 0.6) is 0 Å². The van der Waals surface area contributed by atoms with Crippen molar-refractivity contribution >= 4 is 35.2 Å². The SMILES string of the molecule is Cc1cc(C)cc(NC(=O)[C@@H](OC(=O)/C=C/c2ccccc2Cl)c2ccccc2)c1. The highest BCUT2D eigenvalue weighted by Crippen LogP contribution is 2.22. The Bertz CT molecular complexity index is 1060. The summed E-state index contributed by atoms with van der Waals surface area (Å²) in [6, 6.07) is 21.8. The fourth-order valence-corrected chi connectivity index (χ4v) is 3.28. The van der Waals surface area contributed by atoms with Crippen LogP contribution in [0, 0.1) is 13.8 Å². The number of nitrogens with one attached hydrogen (secondary N) is 1. The third-order valence-electron chi connectivity index (χ3n) is 4.37.